The molecule has 3 aromatic rings. The molecule has 0 saturated carbocycles. The van der Waals surface area contributed by atoms with Crippen LogP contribution in [-0.4, -0.2) is 24.2 Å². The summed E-state index contributed by atoms with van der Waals surface area (Å²) < 4.78 is 5.27. The van der Waals surface area contributed by atoms with Gasteiger partial charge < -0.3 is 15.4 Å². The van der Waals surface area contributed by atoms with E-state index in [4.69, 9.17) is 16.3 Å². The van der Waals surface area contributed by atoms with Crippen LogP contribution in [0.4, 0.5) is 11.4 Å². The summed E-state index contributed by atoms with van der Waals surface area (Å²) in [6.07, 6.45) is 0. The number of halogens is 1. The van der Waals surface area contributed by atoms with Crippen molar-refractivity contribution in [1.29, 1.82) is 0 Å². The van der Waals surface area contributed by atoms with E-state index in [9.17, 15) is 9.59 Å². The van der Waals surface area contributed by atoms with Gasteiger partial charge in [-0.1, -0.05) is 29.8 Å². The van der Waals surface area contributed by atoms with Gasteiger partial charge in [-0.05, 0) is 67.9 Å². The first-order valence-electron chi connectivity index (χ1n) is 9.65. The average molecular weight is 455 g/mol. The summed E-state index contributed by atoms with van der Waals surface area (Å²) in [6, 6.07) is 19.9. The summed E-state index contributed by atoms with van der Waals surface area (Å²) >= 11 is 7.44. The van der Waals surface area contributed by atoms with Crippen molar-refractivity contribution in [2.45, 2.75) is 24.0 Å². The van der Waals surface area contributed by atoms with Crippen molar-refractivity contribution in [1.82, 2.24) is 0 Å². The van der Waals surface area contributed by atoms with Crippen LogP contribution in [0.2, 0.25) is 5.02 Å². The number of benzene rings is 3. The first-order chi connectivity index (χ1) is 14.9. The van der Waals surface area contributed by atoms with Gasteiger partial charge in [0.2, 0.25) is 5.91 Å². The van der Waals surface area contributed by atoms with Gasteiger partial charge in [0.1, 0.15) is 5.75 Å². The predicted octanol–water partition coefficient (Wildman–Crippen LogP) is 6.03. The number of carbonyl (C=O) groups is 2. The maximum absolute atomic E-state index is 12.6. The van der Waals surface area contributed by atoms with Gasteiger partial charge >= 0.3 is 0 Å². The van der Waals surface area contributed by atoms with Crippen molar-refractivity contribution >= 4 is 46.6 Å². The van der Waals surface area contributed by atoms with Crippen LogP contribution in [0.1, 0.15) is 22.8 Å². The van der Waals surface area contributed by atoms with E-state index in [0.29, 0.717) is 27.7 Å². The Hall–Kier alpha value is -2.96. The van der Waals surface area contributed by atoms with E-state index in [2.05, 4.69) is 10.6 Å². The van der Waals surface area contributed by atoms with Crippen LogP contribution in [-0.2, 0) is 4.79 Å². The van der Waals surface area contributed by atoms with Gasteiger partial charge in [0.15, 0.2) is 0 Å². The van der Waals surface area contributed by atoms with Crippen molar-refractivity contribution in [3.63, 3.8) is 0 Å². The zero-order valence-electron chi connectivity index (χ0n) is 17.4. The lowest BCUT2D eigenvalue weighted by Crippen LogP contribution is -2.22. The largest absolute Gasteiger partial charge is 0.495 e. The zero-order valence-corrected chi connectivity index (χ0v) is 19.0. The fourth-order valence-electron chi connectivity index (χ4n) is 2.91. The van der Waals surface area contributed by atoms with Gasteiger partial charge in [-0.2, -0.15) is 0 Å². The molecule has 0 aliphatic carbocycles. The Bertz CT molecular complexity index is 1090. The molecule has 2 amide bonds. The minimum absolute atomic E-state index is 0.151. The molecule has 0 heterocycles. The monoisotopic (exact) mass is 454 g/mol. The molecule has 0 aliphatic rings. The third kappa shape index (κ3) is 6.03. The SMILES string of the molecule is COc1ccc(Cl)cc1NC(=O)C(C)Sc1ccc(NC(=O)c2ccccc2C)cc1. The molecule has 5 nitrogen and oxygen atoms in total. The summed E-state index contributed by atoms with van der Waals surface area (Å²) in [5.41, 5.74) is 2.78. The van der Waals surface area contributed by atoms with Crippen molar-refractivity contribution in [2.75, 3.05) is 17.7 Å². The zero-order chi connectivity index (χ0) is 22.4. The summed E-state index contributed by atoms with van der Waals surface area (Å²) in [5.74, 6) is 0.230. The number of anilines is 2. The average Bonchev–Trinajstić information content (AvgIpc) is 2.75. The Morgan fingerprint density at radius 1 is 1.00 bits per heavy atom. The normalized spacial score (nSPS) is 11.5. The number of hydrogen-bond acceptors (Lipinski definition) is 4. The lowest BCUT2D eigenvalue weighted by atomic mass is 10.1. The highest BCUT2D eigenvalue weighted by Gasteiger charge is 2.17. The van der Waals surface area contributed by atoms with E-state index in [1.54, 1.807) is 24.3 Å². The third-order valence-electron chi connectivity index (χ3n) is 4.60. The quantitative estimate of drug-likeness (QED) is 0.428. The number of nitrogens with one attached hydrogen (secondary N) is 2. The van der Waals surface area contributed by atoms with Crippen molar-refractivity contribution < 1.29 is 14.3 Å². The Morgan fingerprint density at radius 3 is 2.39 bits per heavy atom. The molecule has 3 aromatic carbocycles. The fourth-order valence-corrected chi connectivity index (χ4v) is 3.95. The van der Waals surface area contributed by atoms with E-state index in [1.165, 1.54) is 18.9 Å². The summed E-state index contributed by atoms with van der Waals surface area (Å²) in [4.78, 5) is 26.0. The molecule has 0 spiro atoms. The molecule has 31 heavy (non-hydrogen) atoms. The smallest absolute Gasteiger partial charge is 0.255 e. The number of methoxy groups -OCH3 is 1. The molecule has 0 bridgehead atoms. The highest BCUT2D eigenvalue weighted by atomic mass is 35.5. The third-order valence-corrected chi connectivity index (χ3v) is 5.95. The van der Waals surface area contributed by atoms with Crippen LogP contribution in [0.5, 0.6) is 5.75 Å². The van der Waals surface area contributed by atoms with Crippen molar-refractivity contribution in [2.24, 2.45) is 0 Å². The Balaban J connectivity index is 1.60. The lowest BCUT2D eigenvalue weighted by molar-refractivity contribution is -0.115. The Labute approximate surface area is 191 Å². The van der Waals surface area contributed by atoms with E-state index in [0.717, 1.165) is 10.5 Å². The lowest BCUT2D eigenvalue weighted by Gasteiger charge is -2.15. The van der Waals surface area contributed by atoms with Crippen molar-refractivity contribution in [3.05, 3.63) is 82.9 Å². The molecule has 0 fully saturated rings. The number of amides is 2. The molecule has 3 rings (SSSR count). The van der Waals surface area contributed by atoms with Crippen LogP contribution in [0, 0.1) is 6.92 Å². The van der Waals surface area contributed by atoms with Gasteiger partial charge in [0.25, 0.3) is 5.91 Å². The van der Waals surface area contributed by atoms with Crippen LogP contribution in [0.25, 0.3) is 0 Å². The summed E-state index contributed by atoms with van der Waals surface area (Å²) in [5, 5.41) is 5.92. The standard InChI is InChI=1S/C24H23ClN2O3S/c1-15-6-4-5-7-20(15)24(29)26-18-9-11-19(12-10-18)31-16(2)23(28)27-21-14-17(25)8-13-22(21)30-3/h4-14,16H,1-3H3,(H,26,29)(H,27,28). The van der Waals surface area contributed by atoms with Gasteiger partial charge in [0.05, 0.1) is 18.0 Å². The van der Waals surface area contributed by atoms with Gasteiger partial charge in [0, 0.05) is 21.2 Å². The number of rotatable bonds is 7. The summed E-state index contributed by atoms with van der Waals surface area (Å²) in [6.45, 7) is 3.73. The van der Waals surface area contributed by atoms with E-state index >= 15 is 0 Å². The van der Waals surface area contributed by atoms with E-state index in [1.807, 2.05) is 56.3 Å². The molecule has 1 atom stereocenters. The molecular weight excluding hydrogens is 432 g/mol. The van der Waals surface area contributed by atoms with E-state index < -0.39 is 0 Å². The second-order valence-corrected chi connectivity index (χ2v) is 8.74. The van der Waals surface area contributed by atoms with Gasteiger partial charge in [-0.15, -0.1) is 11.8 Å². The van der Waals surface area contributed by atoms with Crippen LogP contribution in [0.3, 0.4) is 0 Å². The molecule has 7 heteroatoms. The van der Waals surface area contributed by atoms with Crippen molar-refractivity contribution in [3.8, 4) is 5.75 Å². The maximum atomic E-state index is 12.6. The fraction of sp³-hybridized carbons (Fsp3) is 0.167. The molecule has 0 saturated heterocycles. The molecular formula is C24H23ClN2O3S. The topological polar surface area (TPSA) is 67.4 Å². The highest BCUT2D eigenvalue weighted by Crippen LogP contribution is 2.30. The second-order valence-electron chi connectivity index (χ2n) is 6.89. The molecule has 0 aliphatic heterocycles. The number of ether oxygens (including phenoxy) is 1. The van der Waals surface area contributed by atoms with Crippen LogP contribution in [0.15, 0.2) is 71.6 Å². The Morgan fingerprint density at radius 2 is 1.71 bits per heavy atom. The van der Waals surface area contributed by atoms with Crippen LogP contribution < -0.4 is 15.4 Å². The first kappa shape index (κ1) is 22.7. The maximum Gasteiger partial charge on any atom is 0.255 e. The summed E-state index contributed by atoms with van der Waals surface area (Å²) in [7, 11) is 1.54. The first-order valence-corrected chi connectivity index (χ1v) is 10.9. The predicted molar refractivity (Wildman–Crippen MR) is 128 cm³/mol. The minimum atomic E-state index is -0.351. The number of aryl methyl sites for hydroxylation is 1. The number of hydrogen-bond donors (Lipinski definition) is 2. The molecule has 0 radical (unpaired) electrons. The van der Waals surface area contributed by atoms with E-state index in [-0.39, 0.29) is 17.1 Å². The van der Waals surface area contributed by atoms with Gasteiger partial charge in [-0.3, -0.25) is 9.59 Å². The van der Waals surface area contributed by atoms with Gasteiger partial charge in [-0.25, -0.2) is 0 Å². The highest BCUT2D eigenvalue weighted by molar-refractivity contribution is 8.00. The molecule has 1 unspecified atom stereocenters. The second kappa shape index (κ2) is 10.4. The Kier molecular flexibility index (Phi) is 7.60. The number of carbonyl (C=O) groups excluding carboxylic acids is 2. The minimum Gasteiger partial charge on any atom is -0.495 e. The molecule has 2 N–H and O–H groups in total. The molecule has 0 aromatic heterocycles. The number of thioether (sulfide) groups is 1. The molecule has 160 valence electrons. The van der Waals surface area contributed by atoms with Crippen LogP contribution >= 0.6 is 23.4 Å².